The topological polar surface area (TPSA) is 80.5 Å². The molecule has 0 fully saturated rings. The maximum Gasteiger partial charge on any atom is 0.247 e. The number of thioether (sulfide) groups is 1. The van der Waals surface area contributed by atoms with E-state index in [4.69, 9.17) is 4.42 Å². The number of rotatable bonds is 5. The minimum absolute atomic E-state index is 0.511. The van der Waals surface area contributed by atoms with Crippen LogP contribution in [0.1, 0.15) is 5.89 Å². The van der Waals surface area contributed by atoms with Gasteiger partial charge in [-0.25, -0.2) is 4.98 Å². The third-order valence-electron chi connectivity index (χ3n) is 3.39. The van der Waals surface area contributed by atoms with Crippen molar-refractivity contribution in [3.63, 3.8) is 0 Å². The number of H-pyrrole nitrogens is 1. The standard InChI is InChI=1S/C17H12BrN5OS/c18-13-8-6-11(7-9-13)15-19-17(23-21-15)25-10-14-20-22-16(24-14)12-4-2-1-3-5-12/h1-9H,10H2,(H,19,21,23). The lowest BCUT2D eigenvalue weighted by atomic mass is 10.2. The van der Waals surface area contributed by atoms with Crippen molar-refractivity contribution in [2.24, 2.45) is 0 Å². The van der Waals surface area contributed by atoms with Crippen molar-refractivity contribution < 1.29 is 4.42 Å². The molecule has 2 heterocycles. The smallest absolute Gasteiger partial charge is 0.247 e. The van der Waals surface area contributed by atoms with Gasteiger partial charge < -0.3 is 4.42 Å². The van der Waals surface area contributed by atoms with Crippen molar-refractivity contribution in [3.05, 3.63) is 65.0 Å². The Morgan fingerprint density at radius 1 is 0.960 bits per heavy atom. The number of nitrogens with one attached hydrogen (secondary N) is 1. The molecule has 0 atom stereocenters. The Morgan fingerprint density at radius 2 is 1.76 bits per heavy atom. The van der Waals surface area contributed by atoms with Gasteiger partial charge >= 0.3 is 0 Å². The van der Waals surface area contributed by atoms with Gasteiger partial charge in [0.05, 0.1) is 5.75 Å². The van der Waals surface area contributed by atoms with Crippen LogP contribution in [0.3, 0.4) is 0 Å². The van der Waals surface area contributed by atoms with Crippen molar-refractivity contribution in [1.82, 2.24) is 25.4 Å². The highest BCUT2D eigenvalue weighted by Crippen LogP contribution is 2.24. The minimum atomic E-state index is 0.511. The molecule has 0 aliphatic carbocycles. The normalized spacial score (nSPS) is 10.9. The molecular weight excluding hydrogens is 402 g/mol. The minimum Gasteiger partial charge on any atom is -0.420 e. The molecule has 2 aromatic heterocycles. The Kier molecular flexibility index (Phi) is 4.62. The van der Waals surface area contributed by atoms with Gasteiger partial charge in [0.1, 0.15) is 0 Å². The van der Waals surface area contributed by atoms with Gasteiger partial charge in [0.15, 0.2) is 5.82 Å². The van der Waals surface area contributed by atoms with E-state index >= 15 is 0 Å². The van der Waals surface area contributed by atoms with E-state index in [0.29, 0.717) is 22.7 Å². The Hall–Kier alpha value is -2.45. The molecule has 0 saturated heterocycles. The van der Waals surface area contributed by atoms with Gasteiger partial charge in [0.2, 0.25) is 16.9 Å². The number of benzene rings is 2. The maximum absolute atomic E-state index is 5.68. The van der Waals surface area contributed by atoms with E-state index in [1.807, 2.05) is 54.6 Å². The fraction of sp³-hybridized carbons (Fsp3) is 0.0588. The number of aromatic nitrogens is 5. The molecule has 0 spiro atoms. The molecule has 0 bridgehead atoms. The molecule has 4 aromatic rings. The average Bonchev–Trinajstić information content (AvgIpc) is 3.31. The van der Waals surface area contributed by atoms with Crippen LogP contribution in [-0.2, 0) is 5.75 Å². The number of hydrogen-bond acceptors (Lipinski definition) is 6. The fourth-order valence-electron chi connectivity index (χ4n) is 2.18. The van der Waals surface area contributed by atoms with E-state index in [-0.39, 0.29) is 0 Å². The van der Waals surface area contributed by atoms with Crippen LogP contribution in [0, 0.1) is 0 Å². The Morgan fingerprint density at radius 3 is 2.56 bits per heavy atom. The summed E-state index contributed by atoms with van der Waals surface area (Å²) >= 11 is 4.86. The van der Waals surface area contributed by atoms with Crippen molar-refractivity contribution in [2.45, 2.75) is 10.9 Å². The van der Waals surface area contributed by atoms with Crippen LogP contribution in [0.4, 0.5) is 0 Å². The lowest BCUT2D eigenvalue weighted by Gasteiger charge is -1.95. The summed E-state index contributed by atoms with van der Waals surface area (Å²) in [5.41, 5.74) is 1.88. The van der Waals surface area contributed by atoms with Gasteiger partial charge in [-0.15, -0.1) is 15.3 Å². The Labute approximate surface area is 156 Å². The summed E-state index contributed by atoms with van der Waals surface area (Å²) in [6.45, 7) is 0. The van der Waals surface area contributed by atoms with Crippen LogP contribution in [0.25, 0.3) is 22.8 Å². The van der Waals surface area contributed by atoms with E-state index in [0.717, 1.165) is 21.4 Å². The van der Waals surface area contributed by atoms with Gasteiger partial charge in [-0.05, 0) is 24.3 Å². The summed E-state index contributed by atoms with van der Waals surface area (Å²) < 4.78 is 6.71. The first kappa shape index (κ1) is 16.0. The predicted octanol–water partition coefficient (Wildman–Crippen LogP) is 4.58. The van der Waals surface area contributed by atoms with Crippen LogP contribution in [-0.4, -0.2) is 25.4 Å². The fourth-order valence-corrected chi connectivity index (χ4v) is 3.08. The highest BCUT2D eigenvalue weighted by Gasteiger charge is 2.11. The monoisotopic (exact) mass is 413 g/mol. The molecule has 0 aliphatic heterocycles. The Balaban J connectivity index is 1.42. The van der Waals surface area contributed by atoms with Crippen molar-refractivity contribution >= 4 is 27.7 Å². The summed E-state index contributed by atoms with van der Waals surface area (Å²) in [7, 11) is 0. The molecule has 0 amide bonds. The first-order valence-corrected chi connectivity index (χ1v) is 9.25. The van der Waals surface area contributed by atoms with Gasteiger partial charge in [0, 0.05) is 15.6 Å². The third-order valence-corrected chi connectivity index (χ3v) is 4.76. The second-order valence-electron chi connectivity index (χ2n) is 5.13. The number of nitrogens with zero attached hydrogens (tertiary/aromatic N) is 4. The van der Waals surface area contributed by atoms with Gasteiger partial charge in [-0.1, -0.05) is 58.0 Å². The number of halogens is 1. The summed E-state index contributed by atoms with van der Waals surface area (Å²) in [6.07, 6.45) is 0. The molecule has 6 nitrogen and oxygen atoms in total. The predicted molar refractivity (Wildman–Crippen MR) is 98.8 cm³/mol. The number of hydrogen-bond donors (Lipinski definition) is 1. The Bertz CT molecular complexity index is 968. The molecule has 0 saturated carbocycles. The second kappa shape index (κ2) is 7.20. The van der Waals surface area contributed by atoms with Crippen molar-refractivity contribution in [1.29, 1.82) is 0 Å². The van der Waals surface area contributed by atoms with E-state index < -0.39 is 0 Å². The molecule has 0 unspecified atom stereocenters. The lowest BCUT2D eigenvalue weighted by molar-refractivity contribution is 0.528. The molecule has 124 valence electrons. The van der Waals surface area contributed by atoms with E-state index in [9.17, 15) is 0 Å². The number of aromatic amines is 1. The van der Waals surface area contributed by atoms with Crippen LogP contribution >= 0.6 is 27.7 Å². The van der Waals surface area contributed by atoms with Crippen molar-refractivity contribution in [2.75, 3.05) is 0 Å². The zero-order valence-corrected chi connectivity index (χ0v) is 15.3. The highest BCUT2D eigenvalue weighted by molar-refractivity contribution is 9.10. The largest absolute Gasteiger partial charge is 0.420 e. The van der Waals surface area contributed by atoms with E-state index in [1.165, 1.54) is 11.8 Å². The van der Waals surface area contributed by atoms with Gasteiger partial charge in [-0.2, -0.15) is 0 Å². The maximum atomic E-state index is 5.68. The SMILES string of the molecule is Brc1ccc(-c2nc(SCc3nnc(-c4ccccc4)o3)n[nH]2)cc1. The van der Waals surface area contributed by atoms with Crippen LogP contribution < -0.4 is 0 Å². The zero-order chi connectivity index (χ0) is 17.1. The van der Waals surface area contributed by atoms with Crippen LogP contribution in [0.5, 0.6) is 0 Å². The summed E-state index contributed by atoms with van der Waals surface area (Å²) in [5, 5.41) is 16.0. The van der Waals surface area contributed by atoms with Gasteiger partial charge in [-0.3, -0.25) is 5.10 Å². The van der Waals surface area contributed by atoms with E-state index in [1.54, 1.807) is 0 Å². The summed E-state index contributed by atoms with van der Waals surface area (Å²) in [4.78, 5) is 4.48. The van der Waals surface area contributed by atoms with Crippen LogP contribution in [0.2, 0.25) is 0 Å². The molecule has 8 heteroatoms. The average molecular weight is 414 g/mol. The molecule has 2 aromatic carbocycles. The summed E-state index contributed by atoms with van der Waals surface area (Å²) in [6, 6.07) is 17.6. The molecule has 1 N–H and O–H groups in total. The highest BCUT2D eigenvalue weighted by atomic mass is 79.9. The molecule has 0 aliphatic rings. The molecule has 4 rings (SSSR count). The first-order valence-electron chi connectivity index (χ1n) is 7.47. The molecule has 0 radical (unpaired) electrons. The molecule has 25 heavy (non-hydrogen) atoms. The first-order chi connectivity index (χ1) is 12.3. The van der Waals surface area contributed by atoms with Gasteiger partial charge in [0.25, 0.3) is 0 Å². The summed E-state index contributed by atoms with van der Waals surface area (Å²) in [5.74, 6) is 2.29. The second-order valence-corrected chi connectivity index (χ2v) is 6.99. The van der Waals surface area contributed by atoms with Crippen LogP contribution in [0.15, 0.2) is 68.6 Å². The van der Waals surface area contributed by atoms with E-state index in [2.05, 4.69) is 41.3 Å². The molecular formula is C17H12BrN5OS. The quantitative estimate of drug-likeness (QED) is 0.482. The zero-order valence-electron chi connectivity index (χ0n) is 12.9. The third kappa shape index (κ3) is 3.80. The lowest BCUT2D eigenvalue weighted by Crippen LogP contribution is -1.82. The van der Waals surface area contributed by atoms with Crippen molar-refractivity contribution in [3.8, 4) is 22.8 Å².